The van der Waals surface area contributed by atoms with E-state index < -0.39 is 0 Å². The Morgan fingerprint density at radius 2 is 1.90 bits per heavy atom. The highest BCUT2D eigenvalue weighted by Crippen LogP contribution is 2.24. The molecule has 3 rings (SSSR count). The van der Waals surface area contributed by atoms with E-state index in [0.29, 0.717) is 5.92 Å². The maximum atomic E-state index is 5.19. The van der Waals surface area contributed by atoms with Crippen LogP contribution in [-0.4, -0.2) is 17.1 Å². The smallest absolute Gasteiger partial charge is 0.133 e. The van der Waals surface area contributed by atoms with E-state index in [-0.39, 0.29) is 0 Å². The molecule has 1 N–H and O–H groups in total. The lowest BCUT2D eigenvalue weighted by Crippen LogP contribution is -2.08. The van der Waals surface area contributed by atoms with Gasteiger partial charge in [-0.1, -0.05) is 26.0 Å². The van der Waals surface area contributed by atoms with Gasteiger partial charge in [-0.25, -0.2) is 9.97 Å². The van der Waals surface area contributed by atoms with Crippen LogP contribution >= 0.6 is 0 Å². The predicted molar refractivity (Wildman–Crippen MR) is 82.5 cm³/mol. The average Bonchev–Trinajstić information content (AvgIpc) is 2.95. The molecule has 0 aliphatic carbocycles. The van der Waals surface area contributed by atoms with Gasteiger partial charge in [0.2, 0.25) is 0 Å². The van der Waals surface area contributed by atoms with Crippen molar-refractivity contribution in [2.45, 2.75) is 39.3 Å². The Kier molecular flexibility index (Phi) is 3.88. The molecule has 0 saturated heterocycles. The number of nitrogens with one attached hydrogen (secondary N) is 1. The van der Waals surface area contributed by atoms with Crippen molar-refractivity contribution in [3.63, 3.8) is 0 Å². The molecular weight excluding hydrogens is 262 g/mol. The fourth-order valence-corrected chi connectivity index (χ4v) is 2.73. The van der Waals surface area contributed by atoms with Crippen LogP contribution < -0.4 is 10.1 Å². The van der Waals surface area contributed by atoms with Crippen molar-refractivity contribution in [3.05, 3.63) is 52.6 Å². The van der Waals surface area contributed by atoms with Crippen LogP contribution in [-0.2, 0) is 19.5 Å². The molecule has 0 amide bonds. The summed E-state index contributed by atoms with van der Waals surface area (Å²) in [5, 5.41) is 3.37. The third-order valence-electron chi connectivity index (χ3n) is 3.83. The number of ether oxygens (including phenoxy) is 1. The van der Waals surface area contributed by atoms with Gasteiger partial charge in [0.15, 0.2) is 0 Å². The lowest BCUT2D eigenvalue weighted by molar-refractivity contribution is 0.414. The maximum Gasteiger partial charge on any atom is 0.133 e. The van der Waals surface area contributed by atoms with E-state index in [1.165, 1.54) is 16.8 Å². The Hall–Kier alpha value is -1.94. The normalized spacial score (nSPS) is 13.5. The van der Waals surface area contributed by atoms with Crippen molar-refractivity contribution in [3.8, 4) is 5.75 Å². The van der Waals surface area contributed by atoms with Crippen molar-refractivity contribution in [1.29, 1.82) is 0 Å². The molecule has 1 aliphatic rings. The number of methoxy groups -OCH3 is 1. The molecule has 21 heavy (non-hydrogen) atoms. The van der Waals surface area contributed by atoms with E-state index in [9.17, 15) is 0 Å². The zero-order valence-electron chi connectivity index (χ0n) is 12.8. The molecule has 2 aromatic rings. The van der Waals surface area contributed by atoms with Gasteiger partial charge in [-0.15, -0.1) is 0 Å². The number of rotatable bonds is 4. The highest BCUT2D eigenvalue weighted by molar-refractivity contribution is 5.33. The van der Waals surface area contributed by atoms with Crippen LogP contribution in [0.4, 0.5) is 0 Å². The van der Waals surface area contributed by atoms with Gasteiger partial charge in [-0.05, 0) is 23.6 Å². The molecule has 0 fully saturated rings. The minimum Gasteiger partial charge on any atom is -0.497 e. The van der Waals surface area contributed by atoms with Crippen LogP contribution in [0.3, 0.4) is 0 Å². The summed E-state index contributed by atoms with van der Waals surface area (Å²) in [6, 6.07) is 8.10. The summed E-state index contributed by atoms with van der Waals surface area (Å²) in [4.78, 5) is 9.53. The zero-order chi connectivity index (χ0) is 14.8. The van der Waals surface area contributed by atoms with Crippen molar-refractivity contribution in [2.75, 3.05) is 7.11 Å². The second-order valence-corrected chi connectivity index (χ2v) is 5.73. The molecule has 1 aliphatic heterocycles. The first-order valence-corrected chi connectivity index (χ1v) is 7.39. The summed E-state index contributed by atoms with van der Waals surface area (Å²) in [5.74, 6) is 2.21. The first kappa shape index (κ1) is 14.0. The van der Waals surface area contributed by atoms with Crippen molar-refractivity contribution in [2.24, 2.45) is 0 Å². The molecule has 4 nitrogen and oxygen atoms in total. The molecule has 0 atom stereocenters. The quantitative estimate of drug-likeness (QED) is 0.937. The Labute approximate surface area is 125 Å². The first-order chi connectivity index (χ1) is 10.2. The van der Waals surface area contributed by atoms with Gasteiger partial charge in [0.05, 0.1) is 18.5 Å². The fourth-order valence-electron chi connectivity index (χ4n) is 2.73. The molecule has 110 valence electrons. The number of hydrogen-bond donors (Lipinski definition) is 1. The number of benzene rings is 1. The Morgan fingerprint density at radius 1 is 1.14 bits per heavy atom. The largest absolute Gasteiger partial charge is 0.497 e. The van der Waals surface area contributed by atoms with Crippen molar-refractivity contribution < 1.29 is 4.74 Å². The predicted octanol–water partition coefficient (Wildman–Crippen LogP) is 2.80. The van der Waals surface area contributed by atoms with E-state index >= 15 is 0 Å². The van der Waals surface area contributed by atoms with Crippen LogP contribution in [0.2, 0.25) is 0 Å². The summed E-state index contributed by atoms with van der Waals surface area (Å²) in [6.45, 7) is 6.13. The van der Waals surface area contributed by atoms with E-state index in [2.05, 4.69) is 31.3 Å². The minimum atomic E-state index is 0.427. The number of fused-ring (bicyclic) bond motifs is 1. The second kappa shape index (κ2) is 5.82. The Morgan fingerprint density at radius 3 is 2.57 bits per heavy atom. The van der Waals surface area contributed by atoms with Crippen LogP contribution in [0, 0.1) is 0 Å². The van der Waals surface area contributed by atoms with Crippen LogP contribution in [0.15, 0.2) is 24.3 Å². The third-order valence-corrected chi connectivity index (χ3v) is 3.83. The van der Waals surface area contributed by atoms with Crippen LogP contribution in [0.25, 0.3) is 0 Å². The molecule has 2 heterocycles. The summed E-state index contributed by atoms with van der Waals surface area (Å²) >= 11 is 0. The van der Waals surface area contributed by atoms with Gasteiger partial charge in [0.25, 0.3) is 0 Å². The van der Waals surface area contributed by atoms with E-state index in [4.69, 9.17) is 14.7 Å². The highest BCUT2D eigenvalue weighted by atomic mass is 16.5. The first-order valence-electron chi connectivity index (χ1n) is 7.39. The van der Waals surface area contributed by atoms with Crippen molar-refractivity contribution >= 4 is 0 Å². The molecule has 1 aromatic heterocycles. The molecule has 0 bridgehead atoms. The molecule has 0 unspecified atom stereocenters. The minimum absolute atomic E-state index is 0.427. The summed E-state index contributed by atoms with van der Waals surface area (Å²) in [5.41, 5.74) is 4.85. The summed E-state index contributed by atoms with van der Waals surface area (Å²) in [6.07, 6.45) is 0.761. The monoisotopic (exact) mass is 283 g/mol. The van der Waals surface area contributed by atoms with Gasteiger partial charge in [-0.2, -0.15) is 0 Å². The molecular formula is C17H21N3O. The molecule has 0 saturated carbocycles. The summed E-state index contributed by atoms with van der Waals surface area (Å²) in [7, 11) is 1.68. The maximum absolute atomic E-state index is 5.19. The molecule has 0 spiro atoms. The number of hydrogen-bond acceptors (Lipinski definition) is 4. The third kappa shape index (κ3) is 2.90. The molecule has 0 radical (unpaired) electrons. The van der Waals surface area contributed by atoms with E-state index in [1.807, 2.05) is 12.1 Å². The van der Waals surface area contributed by atoms with Crippen LogP contribution in [0.5, 0.6) is 5.75 Å². The fraction of sp³-hybridized carbons (Fsp3) is 0.412. The van der Waals surface area contributed by atoms with Gasteiger partial charge in [0.1, 0.15) is 11.6 Å². The van der Waals surface area contributed by atoms with Gasteiger partial charge < -0.3 is 10.1 Å². The van der Waals surface area contributed by atoms with Gasteiger partial charge in [0, 0.05) is 25.1 Å². The van der Waals surface area contributed by atoms with E-state index in [1.54, 1.807) is 7.11 Å². The number of nitrogens with zero attached hydrogens (tertiary/aromatic N) is 2. The average molecular weight is 283 g/mol. The highest BCUT2D eigenvalue weighted by Gasteiger charge is 2.20. The summed E-state index contributed by atoms with van der Waals surface area (Å²) < 4.78 is 5.19. The molecule has 4 heteroatoms. The lowest BCUT2D eigenvalue weighted by Gasteiger charge is -2.12. The topological polar surface area (TPSA) is 47.0 Å². The van der Waals surface area contributed by atoms with Gasteiger partial charge in [-0.3, -0.25) is 0 Å². The second-order valence-electron chi connectivity index (χ2n) is 5.73. The Balaban J connectivity index is 1.89. The van der Waals surface area contributed by atoms with E-state index in [0.717, 1.165) is 36.8 Å². The zero-order valence-corrected chi connectivity index (χ0v) is 12.8. The standard InChI is InChI=1S/C17H21N3O/c1-11(2)17-14-9-18-10-15(14)19-16(20-17)8-12-4-6-13(21-3)7-5-12/h4-7,11,18H,8-10H2,1-3H3. The van der Waals surface area contributed by atoms with Crippen molar-refractivity contribution in [1.82, 2.24) is 15.3 Å². The van der Waals surface area contributed by atoms with Crippen LogP contribution in [0.1, 0.15) is 48.1 Å². The Bertz CT molecular complexity index is 635. The van der Waals surface area contributed by atoms with Gasteiger partial charge >= 0.3 is 0 Å². The number of aromatic nitrogens is 2. The lowest BCUT2D eigenvalue weighted by atomic mass is 10.0. The SMILES string of the molecule is COc1ccc(Cc2nc3c(c(C(C)C)n2)CNC3)cc1. The molecule has 1 aromatic carbocycles.